The minimum absolute atomic E-state index is 0.460. The number of aromatic nitrogens is 1. The molecule has 0 aliphatic rings. The molecule has 1 aromatic rings. The Morgan fingerprint density at radius 3 is 2.71 bits per heavy atom. The van der Waals surface area contributed by atoms with E-state index in [1.54, 1.807) is 11.8 Å². The van der Waals surface area contributed by atoms with Crippen molar-refractivity contribution in [1.82, 2.24) is 10.3 Å². The Hall–Kier alpha value is -0.990. The van der Waals surface area contributed by atoms with Crippen LogP contribution >= 0.6 is 11.8 Å². The average molecular weight is 253 g/mol. The second-order valence-electron chi connectivity index (χ2n) is 4.19. The first-order valence-corrected chi connectivity index (χ1v) is 6.72. The summed E-state index contributed by atoms with van der Waals surface area (Å²) in [6.45, 7) is 8.56. The van der Waals surface area contributed by atoms with Crippen LogP contribution in [0.2, 0.25) is 0 Å². The summed E-state index contributed by atoms with van der Waals surface area (Å²) in [7, 11) is 0. The van der Waals surface area contributed by atoms with Gasteiger partial charge in [-0.2, -0.15) is 5.26 Å². The van der Waals surface area contributed by atoms with Crippen molar-refractivity contribution in [2.75, 3.05) is 12.3 Å². The lowest BCUT2D eigenvalue weighted by Gasteiger charge is -2.21. The van der Waals surface area contributed by atoms with Crippen LogP contribution in [-0.4, -0.2) is 22.8 Å². The van der Waals surface area contributed by atoms with Gasteiger partial charge in [-0.3, -0.25) is 5.32 Å². The van der Waals surface area contributed by atoms with E-state index < -0.39 is 5.54 Å². The molecular weight excluding hydrogens is 234 g/mol. The molecule has 0 amide bonds. The molecule has 17 heavy (non-hydrogen) atoms. The molecule has 0 spiro atoms. The van der Waals surface area contributed by atoms with E-state index in [0.29, 0.717) is 5.22 Å². The van der Waals surface area contributed by atoms with Crippen LogP contribution in [0.3, 0.4) is 0 Å². The van der Waals surface area contributed by atoms with Crippen molar-refractivity contribution in [3.05, 3.63) is 11.5 Å². The largest absolute Gasteiger partial charge is 0.437 e. The molecule has 0 saturated heterocycles. The Bertz CT molecular complexity index is 391. The predicted octanol–water partition coefficient (Wildman–Crippen LogP) is 2.67. The fourth-order valence-electron chi connectivity index (χ4n) is 1.42. The number of aryl methyl sites for hydroxylation is 2. The van der Waals surface area contributed by atoms with Gasteiger partial charge in [-0.25, -0.2) is 4.98 Å². The van der Waals surface area contributed by atoms with Crippen molar-refractivity contribution in [2.45, 2.75) is 44.9 Å². The van der Waals surface area contributed by atoms with E-state index in [2.05, 4.69) is 16.4 Å². The molecule has 1 unspecified atom stereocenters. The third-order valence-electron chi connectivity index (χ3n) is 2.65. The number of nitrogens with one attached hydrogen (secondary N) is 1. The highest BCUT2D eigenvalue weighted by Crippen LogP contribution is 2.23. The van der Waals surface area contributed by atoms with Gasteiger partial charge in [0.15, 0.2) is 0 Å². The summed E-state index contributed by atoms with van der Waals surface area (Å²) in [5.41, 5.74) is 0.473. The second kappa shape index (κ2) is 6.08. The van der Waals surface area contributed by atoms with Gasteiger partial charge in [0.05, 0.1) is 11.8 Å². The summed E-state index contributed by atoms with van der Waals surface area (Å²) < 4.78 is 5.47. The maximum atomic E-state index is 9.10. The van der Waals surface area contributed by atoms with Crippen LogP contribution in [0.1, 0.15) is 31.7 Å². The highest BCUT2D eigenvalue weighted by atomic mass is 32.2. The van der Waals surface area contributed by atoms with E-state index in [-0.39, 0.29) is 0 Å². The summed E-state index contributed by atoms with van der Waals surface area (Å²) >= 11 is 1.55. The summed E-state index contributed by atoms with van der Waals surface area (Å²) in [6, 6.07) is 2.31. The molecular formula is C12H19N3OS. The van der Waals surface area contributed by atoms with Crippen LogP contribution in [0.4, 0.5) is 0 Å². The van der Waals surface area contributed by atoms with Crippen molar-refractivity contribution < 1.29 is 4.42 Å². The molecule has 0 aliphatic carbocycles. The van der Waals surface area contributed by atoms with E-state index in [4.69, 9.17) is 9.68 Å². The van der Waals surface area contributed by atoms with Crippen molar-refractivity contribution >= 4 is 11.8 Å². The topological polar surface area (TPSA) is 61.9 Å². The van der Waals surface area contributed by atoms with E-state index >= 15 is 0 Å². The molecule has 0 fully saturated rings. The lowest BCUT2D eigenvalue weighted by atomic mass is 10.0. The van der Waals surface area contributed by atoms with Gasteiger partial charge in [-0.05, 0) is 33.7 Å². The summed E-state index contributed by atoms with van der Waals surface area (Å²) in [5.74, 6) is 1.68. The second-order valence-corrected chi connectivity index (χ2v) is 5.24. The summed E-state index contributed by atoms with van der Waals surface area (Å²) in [4.78, 5) is 4.29. The molecule has 1 aromatic heterocycles. The fraction of sp³-hybridized carbons (Fsp3) is 0.667. The molecule has 0 aliphatic heterocycles. The zero-order valence-corrected chi connectivity index (χ0v) is 11.6. The number of nitriles is 1. The van der Waals surface area contributed by atoms with E-state index in [9.17, 15) is 0 Å². The van der Waals surface area contributed by atoms with Crippen molar-refractivity contribution in [3.63, 3.8) is 0 Å². The predicted molar refractivity (Wildman–Crippen MR) is 69.0 cm³/mol. The van der Waals surface area contributed by atoms with Gasteiger partial charge in [-0.1, -0.05) is 18.7 Å². The molecule has 94 valence electrons. The first kappa shape index (κ1) is 14.1. The smallest absolute Gasteiger partial charge is 0.256 e. The Kier molecular flexibility index (Phi) is 5.03. The van der Waals surface area contributed by atoms with Crippen molar-refractivity contribution in [3.8, 4) is 6.07 Å². The van der Waals surface area contributed by atoms with Crippen LogP contribution in [0.25, 0.3) is 0 Å². The van der Waals surface area contributed by atoms with Gasteiger partial charge in [0.25, 0.3) is 5.22 Å². The summed E-state index contributed by atoms with van der Waals surface area (Å²) in [6.07, 6.45) is 0.766. The lowest BCUT2D eigenvalue weighted by molar-refractivity contribution is 0.427. The van der Waals surface area contributed by atoms with Crippen LogP contribution in [0.5, 0.6) is 0 Å². The quantitative estimate of drug-likeness (QED) is 0.790. The third-order valence-corrected chi connectivity index (χ3v) is 3.48. The zero-order chi connectivity index (χ0) is 12.9. The van der Waals surface area contributed by atoms with E-state index in [0.717, 1.165) is 30.2 Å². The SMILES string of the molecule is CCNC(C)(C#N)CCSc1nc(C)c(C)o1. The minimum atomic E-state index is -0.460. The number of rotatable bonds is 6. The lowest BCUT2D eigenvalue weighted by Crippen LogP contribution is -2.41. The van der Waals surface area contributed by atoms with E-state index in [1.807, 2.05) is 27.7 Å². The zero-order valence-electron chi connectivity index (χ0n) is 10.8. The van der Waals surface area contributed by atoms with Gasteiger partial charge in [-0.15, -0.1) is 0 Å². The van der Waals surface area contributed by atoms with Crippen LogP contribution < -0.4 is 5.32 Å². The van der Waals surface area contributed by atoms with Crippen LogP contribution in [-0.2, 0) is 0 Å². The molecule has 1 atom stereocenters. The first-order valence-electron chi connectivity index (χ1n) is 5.74. The van der Waals surface area contributed by atoms with Gasteiger partial charge >= 0.3 is 0 Å². The normalized spacial score (nSPS) is 14.3. The maximum Gasteiger partial charge on any atom is 0.256 e. The molecule has 4 nitrogen and oxygen atoms in total. The Morgan fingerprint density at radius 1 is 1.53 bits per heavy atom. The molecule has 0 bridgehead atoms. The van der Waals surface area contributed by atoms with Crippen molar-refractivity contribution in [1.29, 1.82) is 5.26 Å². The number of oxazole rings is 1. The van der Waals surface area contributed by atoms with Gasteiger partial charge in [0.2, 0.25) is 0 Å². The molecule has 1 N–H and O–H groups in total. The van der Waals surface area contributed by atoms with Gasteiger partial charge in [0.1, 0.15) is 11.3 Å². The summed E-state index contributed by atoms with van der Waals surface area (Å²) in [5, 5.41) is 13.0. The Labute approximate surface area is 107 Å². The number of hydrogen-bond acceptors (Lipinski definition) is 5. The van der Waals surface area contributed by atoms with Crippen molar-refractivity contribution in [2.24, 2.45) is 0 Å². The third kappa shape index (κ3) is 4.06. The molecule has 5 heteroatoms. The van der Waals surface area contributed by atoms with Crippen LogP contribution in [0.15, 0.2) is 9.64 Å². The Balaban J connectivity index is 2.44. The first-order chi connectivity index (χ1) is 8.00. The molecule has 0 saturated carbocycles. The van der Waals surface area contributed by atoms with E-state index in [1.165, 1.54) is 0 Å². The molecule has 1 heterocycles. The highest BCUT2D eigenvalue weighted by Gasteiger charge is 2.22. The number of nitrogens with zero attached hydrogens (tertiary/aromatic N) is 2. The molecule has 0 aromatic carbocycles. The fourth-order valence-corrected chi connectivity index (χ4v) is 2.49. The number of hydrogen-bond donors (Lipinski definition) is 1. The maximum absolute atomic E-state index is 9.10. The van der Waals surface area contributed by atoms with Gasteiger partial charge in [0, 0.05) is 5.75 Å². The minimum Gasteiger partial charge on any atom is -0.437 e. The van der Waals surface area contributed by atoms with Crippen LogP contribution in [0, 0.1) is 25.2 Å². The monoisotopic (exact) mass is 253 g/mol. The number of thioether (sulfide) groups is 1. The highest BCUT2D eigenvalue weighted by molar-refractivity contribution is 7.99. The molecule has 0 radical (unpaired) electrons. The van der Waals surface area contributed by atoms with Gasteiger partial charge < -0.3 is 4.42 Å². The molecule has 1 rings (SSSR count). The Morgan fingerprint density at radius 2 is 2.24 bits per heavy atom. The average Bonchev–Trinajstić information content (AvgIpc) is 2.59. The standard InChI is InChI=1S/C12H19N3OS/c1-5-14-12(4,8-13)6-7-17-11-15-9(2)10(3)16-11/h14H,5-7H2,1-4H3.